The molecule has 0 saturated heterocycles. The van der Waals surface area contributed by atoms with Gasteiger partial charge < -0.3 is 14.7 Å². The van der Waals surface area contributed by atoms with Crippen molar-refractivity contribution in [2.24, 2.45) is 0 Å². The Hall–Kier alpha value is -1.06. The highest BCUT2D eigenvalue weighted by molar-refractivity contribution is 5.20. The average molecular weight is 237 g/mol. The zero-order chi connectivity index (χ0) is 12.7. The van der Waals surface area contributed by atoms with Crippen molar-refractivity contribution in [3.8, 4) is 5.75 Å². The van der Waals surface area contributed by atoms with Crippen molar-refractivity contribution in [3.05, 3.63) is 30.3 Å². The standard InChI is InChI=1S/C14H23NO2/c1-4-12(2)15(3)10-13(16)11-17-14-8-6-5-7-9-14/h5-9,12-13,16H,4,10-11H2,1-3H3. The maximum atomic E-state index is 9.86. The van der Waals surface area contributed by atoms with E-state index in [1.807, 2.05) is 37.4 Å². The van der Waals surface area contributed by atoms with Crippen LogP contribution in [-0.2, 0) is 0 Å². The largest absolute Gasteiger partial charge is 0.491 e. The molecule has 0 bridgehead atoms. The van der Waals surface area contributed by atoms with Crippen molar-refractivity contribution < 1.29 is 9.84 Å². The van der Waals surface area contributed by atoms with Crippen molar-refractivity contribution in [1.29, 1.82) is 0 Å². The van der Waals surface area contributed by atoms with Gasteiger partial charge in [0.2, 0.25) is 0 Å². The van der Waals surface area contributed by atoms with Gasteiger partial charge in [-0.15, -0.1) is 0 Å². The molecule has 96 valence electrons. The van der Waals surface area contributed by atoms with Gasteiger partial charge in [-0.3, -0.25) is 0 Å². The third-order valence-electron chi connectivity index (χ3n) is 3.03. The van der Waals surface area contributed by atoms with E-state index in [1.54, 1.807) is 0 Å². The van der Waals surface area contributed by atoms with E-state index in [9.17, 15) is 5.11 Å². The van der Waals surface area contributed by atoms with Gasteiger partial charge in [0, 0.05) is 12.6 Å². The van der Waals surface area contributed by atoms with Crippen LogP contribution in [0.1, 0.15) is 20.3 Å². The monoisotopic (exact) mass is 237 g/mol. The molecule has 0 saturated carbocycles. The van der Waals surface area contributed by atoms with Crippen molar-refractivity contribution >= 4 is 0 Å². The SMILES string of the molecule is CCC(C)N(C)CC(O)COc1ccccc1. The highest BCUT2D eigenvalue weighted by Gasteiger charge is 2.12. The van der Waals surface area contributed by atoms with Gasteiger partial charge in [0.05, 0.1) is 0 Å². The smallest absolute Gasteiger partial charge is 0.119 e. The Morgan fingerprint density at radius 1 is 1.29 bits per heavy atom. The molecule has 1 N–H and O–H groups in total. The Labute approximate surface area is 104 Å². The number of hydrogen-bond acceptors (Lipinski definition) is 3. The summed E-state index contributed by atoms with van der Waals surface area (Å²) in [7, 11) is 2.03. The maximum absolute atomic E-state index is 9.86. The Morgan fingerprint density at radius 3 is 2.53 bits per heavy atom. The Bertz CT molecular complexity index is 302. The number of aliphatic hydroxyl groups is 1. The van der Waals surface area contributed by atoms with Gasteiger partial charge in [-0.05, 0) is 32.5 Å². The first-order chi connectivity index (χ1) is 8.13. The molecule has 0 spiro atoms. The summed E-state index contributed by atoms with van der Waals surface area (Å²) in [6.07, 6.45) is 0.636. The second-order valence-corrected chi connectivity index (χ2v) is 4.47. The number of nitrogens with zero attached hydrogens (tertiary/aromatic N) is 1. The fourth-order valence-corrected chi connectivity index (χ4v) is 1.59. The quantitative estimate of drug-likeness (QED) is 0.789. The number of aliphatic hydroxyl groups excluding tert-OH is 1. The van der Waals surface area contributed by atoms with Crippen LogP contribution in [0.15, 0.2) is 30.3 Å². The van der Waals surface area contributed by atoms with E-state index < -0.39 is 6.10 Å². The van der Waals surface area contributed by atoms with Crippen LogP contribution in [0.25, 0.3) is 0 Å². The molecular weight excluding hydrogens is 214 g/mol. The molecule has 3 nitrogen and oxygen atoms in total. The average Bonchev–Trinajstić information content (AvgIpc) is 2.36. The first-order valence-corrected chi connectivity index (χ1v) is 6.19. The fourth-order valence-electron chi connectivity index (χ4n) is 1.59. The van der Waals surface area contributed by atoms with Gasteiger partial charge in [0.1, 0.15) is 18.5 Å². The molecule has 1 aromatic carbocycles. The molecule has 0 aliphatic heterocycles. The molecule has 2 atom stereocenters. The second kappa shape index (κ2) is 7.30. The molecule has 0 radical (unpaired) electrons. The molecule has 1 rings (SSSR count). The number of rotatable bonds is 7. The lowest BCUT2D eigenvalue weighted by atomic mass is 10.2. The van der Waals surface area contributed by atoms with Crippen LogP contribution in [0.4, 0.5) is 0 Å². The molecule has 0 aliphatic carbocycles. The first-order valence-electron chi connectivity index (χ1n) is 6.19. The molecule has 0 aliphatic rings. The minimum Gasteiger partial charge on any atom is -0.491 e. The summed E-state index contributed by atoms with van der Waals surface area (Å²) < 4.78 is 5.51. The zero-order valence-corrected chi connectivity index (χ0v) is 11.0. The van der Waals surface area contributed by atoms with Gasteiger partial charge in [0.25, 0.3) is 0 Å². The highest BCUT2D eigenvalue weighted by Crippen LogP contribution is 2.09. The van der Waals surface area contributed by atoms with Crippen LogP contribution in [0.2, 0.25) is 0 Å². The summed E-state index contributed by atoms with van der Waals surface area (Å²) in [5.41, 5.74) is 0. The van der Waals surface area contributed by atoms with Gasteiger partial charge in [0.15, 0.2) is 0 Å². The normalized spacial score (nSPS) is 14.6. The molecule has 0 amide bonds. The lowest BCUT2D eigenvalue weighted by Gasteiger charge is -2.26. The Balaban J connectivity index is 2.28. The van der Waals surface area contributed by atoms with E-state index in [4.69, 9.17) is 4.74 Å². The van der Waals surface area contributed by atoms with Crippen LogP contribution in [0.5, 0.6) is 5.75 Å². The molecule has 3 heteroatoms. The molecule has 0 fully saturated rings. The lowest BCUT2D eigenvalue weighted by Crippen LogP contribution is -2.38. The second-order valence-electron chi connectivity index (χ2n) is 4.47. The van der Waals surface area contributed by atoms with Crippen LogP contribution in [0, 0.1) is 0 Å². The predicted molar refractivity (Wildman–Crippen MR) is 70.3 cm³/mol. The number of para-hydroxylation sites is 1. The number of hydrogen-bond donors (Lipinski definition) is 1. The Kier molecular flexibility index (Phi) is 6.01. The maximum Gasteiger partial charge on any atom is 0.119 e. The molecule has 0 aromatic heterocycles. The van der Waals surface area contributed by atoms with E-state index >= 15 is 0 Å². The summed E-state index contributed by atoms with van der Waals surface area (Å²) in [6, 6.07) is 10.1. The number of likely N-dealkylation sites (N-methyl/N-ethyl adjacent to an activating group) is 1. The fraction of sp³-hybridized carbons (Fsp3) is 0.571. The summed E-state index contributed by atoms with van der Waals surface area (Å²) in [4.78, 5) is 2.15. The zero-order valence-electron chi connectivity index (χ0n) is 11.0. The molecule has 1 aromatic rings. The van der Waals surface area contributed by atoms with Crippen LogP contribution >= 0.6 is 0 Å². The van der Waals surface area contributed by atoms with Crippen LogP contribution in [0.3, 0.4) is 0 Å². The Morgan fingerprint density at radius 2 is 1.94 bits per heavy atom. The molecule has 2 unspecified atom stereocenters. The van der Waals surface area contributed by atoms with E-state index in [-0.39, 0.29) is 0 Å². The first kappa shape index (κ1) is 14.0. The van der Waals surface area contributed by atoms with Crippen molar-refractivity contribution in [2.75, 3.05) is 20.2 Å². The van der Waals surface area contributed by atoms with Crippen LogP contribution in [-0.4, -0.2) is 42.4 Å². The molecule has 0 heterocycles. The highest BCUT2D eigenvalue weighted by atomic mass is 16.5. The minimum atomic E-state index is -0.450. The summed E-state index contributed by atoms with van der Waals surface area (Å²) in [5.74, 6) is 0.803. The topological polar surface area (TPSA) is 32.7 Å². The molecule has 17 heavy (non-hydrogen) atoms. The van der Waals surface area contributed by atoms with Gasteiger partial charge in [-0.1, -0.05) is 25.1 Å². The van der Waals surface area contributed by atoms with Gasteiger partial charge in [-0.25, -0.2) is 0 Å². The van der Waals surface area contributed by atoms with Crippen LogP contribution < -0.4 is 4.74 Å². The van der Waals surface area contributed by atoms with E-state index in [1.165, 1.54) is 0 Å². The summed E-state index contributed by atoms with van der Waals surface area (Å²) in [6.45, 7) is 5.28. The third-order valence-corrected chi connectivity index (χ3v) is 3.03. The lowest BCUT2D eigenvalue weighted by molar-refractivity contribution is 0.0649. The minimum absolute atomic E-state index is 0.338. The van der Waals surface area contributed by atoms with Gasteiger partial charge in [-0.2, -0.15) is 0 Å². The molecular formula is C14H23NO2. The van der Waals surface area contributed by atoms with Crippen molar-refractivity contribution in [1.82, 2.24) is 4.90 Å². The number of ether oxygens (including phenoxy) is 1. The van der Waals surface area contributed by atoms with E-state index in [2.05, 4.69) is 18.7 Å². The number of benzene rings is 1. The van der Waals surface area contributed by atoms with E-state index in [0.29, 0.717) is 19.2 Å². The summed E-state index contributed by atoms with van der Waals surface area (Å²) in [5, 5.41) is 9.86. The third kappa shape index (κ3) is 5.20. The van der Waals surface area contributed by atoms with Gasteiger partial charge >= 0.3 is 0 Å². The predicted octanol–water partition coefficient (Wildman–Crippen LogP) is 2.16. The van der Waals surface area contributed by atoms with Crippen molar-refractivity contribution in [3.63, 3.8) is 0 Å². The summed E-state index contributed by atoms with van der Waals surface area (Å²) >= 11 is 0. The van der Waals surface area contributed by atoms with Crippen molar-refractivity contribution in [2.45, 2.75) is 32.4 Å². The van der Waals surface area contributed by atoms with E-state index in [0.717, 1.165) is 12.2 Å².